The first-order valence-corrected chi connectivity index (χ1v) is 9.55. The van der Waals surface area contributed by atoms with Gasteiger partial charge in [-0.25, -0.2) is 4.98 Å². The smallest absolute Gasteiger partial charge is 0.239 e. The standard InChI is InChI=1S/C18H29N5O2/c19-15(6-14-7-20-11-21-14)18(25)22-8-12-5-13(9-22)17(10-24)23-4-2-1-3-16(12)23/h7,11-13,15-17,24H,1-6,8-10,19H2,(H,20,21)/t12-,13+,15+,16+,17+/m1/s1. The summed E-state index contributed by atoms with van der Waals surface area (Å²) in [4.78, 5) is 24.4. The van der Waals surface area contributed by atoms with Crippen LogP contribution < -0.4 is 5.73 Å². The number of carbonyl (C=O) groups is 1. The fourth-order valence-electron chi connectivity index (χ4n) is 5.29. The van der Waals surface area contributed by atoms with Crippen LogP contribution >= 0.6 is 0 Å². The van der Waals surface area contributed by atoms with E-state index < -0.39 is 6.04 Å². The minimum Gasteiger partial charge on any atom is -0.395 e. The van der Waals surface area contributed by atoms with Crippen molar-refractivity contribution in [3.05, 3.63) is 18.2 Å². The molecule has 4 heterocycles. The van der Waals surface area contributed by atoms with Crippen LogP contribution in [0.15, 0.2) is 12.5 Å². The van der Waals surface area contributed by atoms with Crippen molar-refractivity contribution in [1.29, 1.82) is 0 Å². The van der Waals surface area contributed by atoms with Gasteiger partial charge in [0.2, 0.25) is 5.91 Å². The SMILES string of the molecule is N[C@@H](Cc1cnc[nH]1)C(=O)N1C[C@H]2C[C@@H](C1)[C@H](CO)N1CCCC[C@@H]21. The van der Waals surface area contributed by atoms with E-state index in [4.69, 9.17) is 5.73 Å². The predicted octanol–water partition coefficient (Wildman–Crippen LogP) is -0.0268. The van der Waals surface area contributed by atoms with Crippen molar-refractivity contribution < 1.29 is 9.90 Å². The molecule has 2 bridgehead atoms. The van der Waals surface area contributed by atoms with Crippen LogP contribution in [0.25, 0.3) is 0 Å². The van der Waals surface area contributed by atoms with Crippen LogP contribution in [0.3, 0.4) is 0 Å². The first-order chi connectivity index (χ1) is 12.2. The van der Waals surface area contributed by atoms with E-state index >= 15 is 0 Å². The summed E-state index contributed by atoms with van der Waals surface area (Å²) in [5.41, 5.74) is 7.08. The number of nitrogens with two attached hydrogens (primary N) is 1. The number of imidazole rings is 1. The summed E-state index contributed by atoms with van der Waals surface area (Å²) in [5.74, 6) is 0.914. The lowest BCUT2D eigenvalue weighted by atomic mass is 9.72. The number of hydrogen-bond donors (Lipinski definition) is 3. The van der Waals surface area contributed by atoms with Crippen molar-refractivity contribution in [2.75, 3.05) is 26.2 Å². The van der Waals surface area contributed by atoms with Crippen molar-refractivity contribution in [1.82, 2.24) is 19.8 Å². The fraction of sp³-hybridized carbons (Fsp3) is 0.778. The van der Waals surface area contributed by atoms with Gasteiger partial charge >= 0.3 is 0 Å². The van der Waals surface area contributed by atoms with Gasteiger partial charge in [0, 0.05) is 43.5 Å². The number of fused-ring (bicyclic) bond motifs is 4. The highest BCUT2D eigenvalue weighted by Gasteiger charge is 2.47. The number of aromatic nitrogens is 2. The molecule has 1 aromatic rings. The van der Waals surface area contributed by atoms with Crippen molar-refractivity contribution >= 4 is 5.91 Å². The number of rotatable bonds is 4. The van der Waals surface area contributed by atoms with Gasteiger partial charge in [0.25, 0.3) is 0 Å². The average Bonchev–Trinajstić information content (AvgIpc) is 3.14. The predicted molar refractivity (Wildman–Crippen MR) is 93.7 cm³/mol. The van der Waals surface area contributed by atoms with Gasteiger partial charge in [-0.15, -0.1) is 0 Å². The van der Waals surface area contributed by atoms with Gasteiger partial charge in [0.05, 0.1) is 19.0 Å². The summed E-state index contributed by atoms with van der Waals surface area (Å²) in [6, 6.07) is 0.178. The number of nitrogens with zero attached hydrogens (tertiary/aromatic N) is 3. The Bertz CT molecular complexity index is 578. The Hall–Kier alpha value is -1.44. The molecule has 4 N–H and O–H groups in total. The molecule has 0 aliphatic carbocycles. The summed E-state index contributed by atoms with van der Waals surface area (Å²) in [7, 11) is 0. The van der Waals surface area contributed by atoms with E-state index in [1.54, 1.807) is 12.5 Å². The van der Waals surface area contributed by atoms with Crippen LogP contribution in [0.1, 0.15) is 31.4 Å². The number of piperidine rings is 3. The summed E-state index contributed by atoms with van der Waals surface area (Å²) in [6.07, 6.45) is 8.63. The zero-order valence-electron chi connectivity index (χ0n) is 14.7. The highest BCUT2D eigenvalue weighted by atomic mass is 16.3. The van der Waals surface area contributed by atoms with Gasteiger partial charge in [-0.3, -0.25) is 9.69 Å². The average molecular weight is 347 g/mol. The van der Waals surface area contributed by atoms with Crippen LogP contribution in [0.5, 0.6) is 0 Å². The van der Waals surface area contributed by atoms with E-state index in [1.165, 1.54) is 19.3 Å². The number of amides is 1. The third kappa shape index (κ3) is 3.20. The molecule has 138 valence electrons. The first-order valence-electron chi connectivity index (χ1n) is 9.55. The van der Waals surface area contributed by atoms with Gasteiger partial charge in [-0.1, -0.05) is 6.42 Å². The van der Waals surface area contributed by atoms with Crippen LogP contribution in [-0.4, -0.2) is 75.1 Å². The minimum absolute atomic E-state index is 0.0326. The van der Waals surface area contributed by atoms with E-state index in [1.807, 2.05) is 4.90 Å². The maximum atomic E-state index is 12.9. The monoisotopic (exact) mass is 347 g/mol. The molecule has 7 nitrogen and oxygen atoms in total. The maximum Gasteiger partial charge on any atom is 0.239 e. The highest BCUT2D eigenvalue weighted by Crippen LogP contribution is 2.41. The van der Waals surface area contributed by atoms with Gasteiger partial charge in [-0.05, 0) is 37.6 Å². The molecule has 0 spiro atoms. The van der Waals surface area contributed by atoms with Crippen molar-refractivity contribution in [3.8, 4) is 0 Å². The molecule has 3 saturated heterocycles. The molecule has 0 radical (unpaired) electrons. The van der Waals surface area contributed by atoms with Crippen LogP contribution in [0, 0.1) is 11.8 Å². The topological polar surface area (TPSA) is 98.5 Å². The minimum atomic E-state index is -0.533. The molecular formula is C18H29N5O2. The fourth-order valence-corrected chi connectivity index (χ4v) is 5.29. The maximum absolute atomic E-state index is 12.9. The molecule has 3 fully saturated rings. The highest BCUT2D eigenvalue weighted by molar-refractivity contribution is 5.82. The number of likely N-dealkylation sites (tertiary alicyclic amines) is 1. The second-order valence-corrected chi connectivity index (χ2v) is 7.94. The van der Waals surface area contributed by atoms with Gasteiger partial charge < -0.3 is 20.7 Å². The van der Waals surface area contributed by atoms with Crippen molar-refractivity contribution in [3.63, 3.8) is 0 Å². The summed E-state index contributed by atoms with van der Waals surface area (Å²) < 4.78 is 0. The van der Waals surface area contributed by atoms with Crippen molar-refractivity contribution in [2.45, 2.75) is 50.2 Å². The second kappa shape index (κ2) is 7.05. The number of aliphatic hydroxyl groups is 1. The number of hydrogen-bond acceptors (Lipinski definition) is 5. The molecule has 1 amide bonds. The molecule has 3 aliphatic rings. The van der Waals surface area contributed by atoms with Crippen LogP contribution in [0.4, 0.5) is 0 Å². The van der Waals surface area contributed by atoms with Crippen LogP contribution in [-0.2, 0) is 11.2 Å². The molecule has 3 aliphatic heterocycles. The molecule has 1 aromatic heterocycles. The molecule has 7 heteroatoms. The molecule has 4 rings (SSSR count). The normalized spacial score (nSPS) is 33.8. The van der Waals surface area contributed by atoms with E-state index in [9.17, 15) is 9.90 Å². The summed E-state index contributed by atoms with van der Waals surface area (Å²) >= 11 is 0. The summed E-state index contributed by atoms with van der Waals surface area (Å²) in [6.45, 7) is 2.82. The van der Waals surface area contributed by atoms with E-state index in [-0.39, 0.29) is 18.6 Å². The van der Waals surface area contributed by atoms with Gasteiger partial charge in [0.15, 0.2) is 0 Å². The van der Waals surface area contributed by atoms with Crippen LogP contribution in [0.2, 0.25) is 0 Å². The molecule has 0 aromatic carbocycles. The summed E-state index contributed by atoms with van der Waals surface area (Å²) in [5, 5.41) is 9.97. The number of H-pyrrole nitrogens is 1. The lowest BCUT2D eigenvalue weighted by molar-refractivity contribution is -0.143. The van der Waals surface area contributed by atoms with E-state index in [0.29, 0.717) is 24.3 Å². The molecular weight excluding hydrogens is 318 g/mol. The molecule has 0 saturated carbocycles. The number of aromatic amines is 1. The number of aliphatic hydroxyl groups excluding tert-OH is 1. The van der Waals surface area contributed by atoms with Gasteiger partial charge in [0.1, 0.15) is 0 Å². The molecule has 0 unspecified atom stereocenters. The quantitative estimate of drug-likeness (QED) is 0.711. The third-order valence-electron chi connectivity index (χ3n) is 6.43. The molecule has 5 atom stereocenters. The third-order valence-corrected chi connectivity index (χ3v) is 6.43. The second-order valence-electron chi connectivity index (χ2n) is 7.94. The van der Waals surface area contributed by atoms with E-state index in [2.05, 4.69) is 14.9 Å². The molecule has 25 heavy (non-hydrogen) atoms. The Morgan fingerprint density at radius 1 is 1.40 bits per heavy atom. The Labute approximate surface area is 148 Å². The van der Waals surface area contributed by atoms with Crippen molar-refractivity contribution in [2.24, 2.45) is 17.6 Å². The zero-order chi connectivity index (χ0) is 17.4. The number of carbonyl (C=O) groups excluding carboxylic acids is 1. The number of nitrogens with one attached hydrogen (secondary N) is 1. The van der Waals surface area contributed by atoms with Gasteiger partial charge in [-0.2, -0.15) is 0 Å². The lowest BCUT2D eigenvalue weighted by Crippen LogP contribution is -2.66. The Morgan fingerprint density at radius 2 is 2.24 bits per heavy atom. The Kier molecular flexibility index (Phi) is 4.80. The van der Waals surface area contributed by atoms with E-state index in [0.717, 1.165) is 31.7 Å². The largest absolute Gasteiger partial charge is 0.395 e. The first kappa shape index (κ1) is 17.0. The Morgan fingerprint density at radius 3 is 3.00 bits per heavy atom. The Balaban J connectivity index is 1.46. The zero-order valence-corrected chi connectivity index (χ0v) is 14.7. The lowest BCUT2D eigenvalue weighted by Gasteiger charge is -2.56.